The number of morpholine rings is 1. The highest BCUT2D eigenvalue weighted by Gasteiger charge is 2.22. The summed E-state index contributed by atoms with van der Waals surface area (Å²) < 4.78 is 16.2. The Hall–Kier alpha value is -0.980. The molecule has 2 heterocycles. The molecular weight excluding hydrogens is 222 g/mol. The second-order valence-corrected chi connectivity index (χ2v) is 5.01. The minimum absolute atomic E-state index is 0.115. The fourth-order valence-corrected chi connectivity index (χ4v) is 1.47. The third-order valence-electron chi connectivity index (χ3n) is 2.33. The van der Waals surface area contributed by atoms with E-state index in [1.165, 1.54) is 0 Å². The first-order valence-electron chi connectivity index (χ1n) is 5.83. The highest BCUT2D eigenvalue weighted by Crippen LogP contribution is 2.16. The molecule has 0 aliphatic carbocycles. The Labute approximate surface area is 101 Å². The Kier molecular flexibility index (Phi) is 3.76. The van der Waals surface area contributed by atoms with E-state index in [2.05, 4.69) is 15.5 Å². The minimum Gasteiger partial charge on any atom is -0.367 e. The van der Waals surface area contributed by atoms with E-state index in [-0.39, 0.29) is 11.7 Å². The summed E-state index contributed by atoms with van der Waals surface area (Å²) in [6.45, 7) is 8.55. The van der Waals surface area contributed by atoms with Crippen LogP contribution >= 0.6 is 0 Å². The van der Waals surface area contributed by atoms with Gasteiger partial charge in [0, 0.05) is 13.1 Å². The molecule has 2 rings (SSSR count). The summed E-state index contributed by atoms with van der Waals surface area (Å²) in [6.07, 6.45) is -0.115. The van der Waals surface area contributed by atoms with Crippen LogP contribution in [-0.4, -0.2) is 35.4 Å². The molecule has 1 unspecified atom stereocenters. The van der Waals surface area contributed by atoms with E-state index in [0.717, 1.165) is 13.1 Å². The number of hydrogen-bond donors (Lipinski definition) is 1. The van der Waals surface area contributed by atoms with E-state index in [0.29, 0.717) is 24.9 Å². The maximum atomic E-state index is 5.56. The van der Waals surface area contributed by atoms with Gasteiger partial charge in [0.15, 0.2) is 0 Å². The van der Waals surface area contributed by atoms with Gasteiger partial charge in [0.25, 0.3) is 5.89 Å². The van der Waals surface area contributed by atoms with Gasteiger partial charge in [-0.3, -0.25) is 0 Å². The molecule has 1 saturated heterocycles. The highest BCUT2D eigenvalue weighted by molar-refractivity contribution is 4.93. The second-order valence-electron chi connectivity index (χ2n) is 5.01. The number of hydrogen-bond acceptors (Lipinski definition) is 6. The van der Waals surface area contributed by atoms with E-state index in [1.807, 2.05) is 20.8 Å². The average Bonchev–Trinajstić information content (AvgIpc) is 2.75. The number of rotatable bonds is 3. The summed E-state index contributed by atoms with van der Waals surface area (Å²) in [5.41, 5.74) is -0.211. The Morgan fingerprint density at radius 3 is 2.94 bits per heavy atom. The standard InChI is InChI=1S/C11H19N3O3/c1-11(2,3)16-7-9-13-10(14-17-9)8-6-12-4-5-15-8/h8,12H,4-7H2,1-3H3. The van der Waals surface area contributed by atoms with Crippen LogP contribution in [0.3, 0.4) is 0 Å². The minimum atomic E-state index is -0.211. The molecule has 1 aliphatic rings. The summed E-state index contributed by atoms with van der Waals surface area (Å²) in [5.74, 6) is 1.08. The predicted octanol–water partition coefficient (Wildman–Crippen LogP) is 1.05. The first kappa shape index (κ1) is 12.5. The molecule has 1 aromatic heterocycles. The third-order valence-corrected chi connectivity index (χ3v) is 2.33. The molecule has 0 amide bonds. The quantitative estimate of drug-likeness (QED) is 0.853. The number of ether oxygens (including phenoxy) is 2. The topological polar surface area (TPSA) is 69.4 Å². The predicted molar refractivity (Wildman–Crippen MR) is 60.4 cm³/mol. The lowest BCUT2D eigenvalue weighted by molar-refractivity contribution is -0.0260. The van der Waals surface area contributed by atoms with Crippen molar-refractivity contribution < 1.29 is 14.0 Å². The van der Waals surface area contributed by atoms with Crippen molar-refractivity contribution in [3.63, 3.8) is 0 Å². The Morgan fingerprint density at radius 1 is 1.47 bits per heavy atom. The lowest BCUT2D eigenvalue weighted by atomic mass is 10.2. The van der Waals surface area contributed by atoms with Crippen molar-refractivity contribution >= 4 is 0 Å². The zero-order chi connectivity index (χ0) is 12.3. The Balaban J connectivity index is 1.91. The molecule has 1 fully saturated rings. The number of nitrogens with zero attached hydrogens (tertiary/aromatic N) is 2. The molecule has 1 N–H and O–H groups in total. The van der Waals surface area contributed by atoms with Crippen LogP contribution in [0.4, 0.5) is 0 Å². The van der Waals surface area contributed by atoms with Gasteiger partial charge in [0.1, 0.15) is 12.7 Å². The van der Waals surface area contributed by atoms with Crippen molar-refractivity contribution in [3.05, 3.63) is 11.7 Å². The van der Waals surface area contributed by atoms with Crippen LogP contribution in [0.2, 0.25) is 0 Å². The van der Waals surface area contributed by atoms with Gasteiger partial charge < -0.3 is 19.3 Å². The largest absolute Gasteiger partial charge is 0.367 e. The lowest BCUT2D eigenvalue weighted by Crippen LogP contribution is -2.33. The second kappa shape index (κ2) is 5.12. The fourth-order valence-electron chi connectivity index (χ4n) is 1.47. The lowest BCUT2D eigenvalue weighted by Gasteiger charge is -2.20. The molecule has 6 nitrogen and oxygen atoms in total. The SMILES string of the molecule is CC(C)(C)OCc1nc(C2CNCCO2)no1. The third kappa shape index (κ3) is 3.76. The Morgan fingerprint density at radius 2 is 2.29 bits per heavy atom. The van der Waals surface area contributed by atoms with E-state index < -0.39 is 0 Å². The van der Waals surface area contributed by atoms with Crippen LogP contribution in [0.25, 0.3) is 0 Å². The molecule has 17 heavy (non-hydrogen) atoms. The first-order chi connectivity index (χ1) is 8.04. The van der Waals surface area contributed by atoms with Crippen LogP contribution in [-0.2, 0) is 16.1 Å². The smallest absolute Gasteiger partial charge is 0.252 e. The van der Waals surface area contributed by atoms with Crippen LogP contribution in [0.15, 0.2) is 4.52 Å². The maximum absolute atomic E-state index is 5.56. The number of aromatic nitrogens is 2. The monoisotopic (exact) mass is 241 g/mol. The summed E-state index contributed by atoms with van der Waals surface area (Å²) >= 11 is 0. The van der Waals surface area contributed by atoms with E-state index in [4.69, 9.17) is 14.0 Å². The van der Waals surface area contributed by atoms with Crippen molar-refractivity contribution in [3.8, 4) is 0 Å². The molecule has 0 spiro atoms. The molecule has 6 heteroatoms. The van der Waals surface area contributed by atoms with Crippen LogP contribution in [0.1, 0.15) is 38.6 Å². The zero-order valence-electron chi connectivity index (χ0n) is 10.5. The van der Waals surface area contributed by atoms with Crippen LogP contribution in [0, 0.1) is 0 Å². The van der Waals surface area contributed by atoms with Crippen LogP contribution in [0.5, 0.6) is 0 Å². The summed E-state index contributed by atoms with van der Waals surface area (Å²) in [7, 11) is 0. The van der Waals surface area contributed by atoms with E-state index in [9.17, 15) is 0 Å². The van der Waals surface area contributed by atoms with Crippen molar-refractivity contribution in [2.24, 2.45) is 0 Å². The van der Waals surface area contributed by atoms with Crippen LogP contribution < -0.4 is 5.32 Å². The zero-order valence-corrected chi connectivity index (χ0v) is 10.5. The van der Waals surface area contributed by atoms with Gasteiger partial charge in [-0.1, -0.05) is 5.16 Å². The maximum Gasteiger partial charge on any atom is 0.252 e. The normalized spacial score (nSPS) is 21.7. The molecule has 0 saturated carbocycles. The number of nitrogens with one attached hydrogen (secondary N) is 1. The summed E-state index contributed by atoms with van der Waals surface area (Å²) in [5, 5.41) is 7.13. The van der Waals surface area contributed by atoms with Gasteiger partial charge in [0.2, 0.25) is 5.82 Å². The molecule has 1 aromatic rings. The molecule has 0 radical (unpaired) electrons. The van der Waals surface area contributed by atoms with Crippen molar-refractivity contribution in [2.45, 2.75) is 39.1 Å². The van der Waals surface area contributed by atoms with Gasteiger partial charge in [0.05, 0.1) is 12.2 Å². The van der Waals surface area contributed by atoms with E-state index in [1.54, 1.807) is 0 Å². The molecule has 1 atom stereocenters. The van der Waals surface area contributed by atoms with Gasteiger partial charge in [-0.2, -0.15) is 4.98 Å². The van der Waals surface area contributed by atoms with Gasteiger partial charge in [-0.15, -0.1) is 0 Å². The highest BCUT2D eigenvalue weighted by atomic mass is 16.5. The molecule has 1 aliphatic heterocycles. The Bertz CT molecular complexity index is 353. The van der Waals surface area contributed by atoms with Gasteiger partial charge in [-0.05, 0) is 20.8 Å². The van der Waals surface area contributed by atoms with E-state index >= 15 is 0 Å². The van der Waals surface area contributed by atoms with Crippen molar-refractivity contribution in [1.29, 1.82) is 0 Å². The van der Waals surface area contributed by atoms with Gasteiger partial charge >= 0.3 is 0 Å². The molecular formula is C11H19N3O3. The average molecular weight is 241 g/mol. The molecule has 0 bridgehead atoms. The molecule has 0 aromatic carbocycles. The first-order valence-corrected chi connectivity index (χ1v) is 5.83. The molecule has 96 valence electrons. The summed E-state index contributed by atoms with van der Waals surface area (Å²) in [4.78, 5) is 4.27. The van der Waals surface area contributed by atoms with Crippen molar-refractivity contribution in [2.75, 3.05) is 19.7 Å². The van der Waals surface area contributed by atoms with Gasteiger partial charge in [-0.25, -0.2) is 0 Å². The fraction of sp³-hybridized carbons (Fsp3) is 0.818. The van der Waals surface area contributed by atoms with Crippen molar-refractivity contribution in [1.82, 2.24) is 15.5 Å². The summed E-state index contributed by atoms with van der Waals surface area (Å²) in [6, 6.07) is 0.